The van der Waals surface area contributed by atoms with Gasteiger partial charge in [0.1, 0.15) is 5.75 Å². The maximum atomic E-state index is 13.1. The first-order valence-electron chi connectivity index (χ1n) is 10.4. The molecule has 0 bridgehead atoms. The molecule has 2 heterocycles. The lowest BCUT2D eigenvalue weighted by atomic mass is 10.1. The highest BCUT2D eigenvalue weighted by atomic mass is 32.1. The SMILES string of the molecule is CC(NC(=O)c1cc(-c2ccccc2)c(N2CCOCC2)s1)c1cccc(OC(F)F)c1. The predicted molar refractivity (Wildman–Crippen MR) is 122 cm³/mol. The molecule has 0 radical (unpaired) electrons. The molecule has 5 nitrogen and oxygen atoms in total. The Bertz CT molecular complexity index is 1050. The number of carbonyl (C=O) groups is 1. The first kappa shape index (κ1) is 22.2. The van der Waals surface area contributed by atoms with E-state index in [2.05, 4.69) is 15.0 Å². The molecule has 1 amide bonds. The van der Waals surface area contributed by atoms with Crippen LogP contribution in [0.2, 0.25) is 0 Å². The number of ether oxygens (including phenoxy) is 2. The van der Waals surface area contributed by atoms with E-state index < -0.39 is 6.61 Å². The Balaban J connectivity index is 1.56. The van der Waals surface area contributed by atoms with Crippen LogP contribution in [-0.2, 0) is 4.74 Å². The third kappa shape index (κ3) is 5.26. The van der Waals surface area contributed by atoms with Crippen LogP contribution < -0.4 is 15.0 Å². The second kappa shape index (κ2) is 10.1. The van der Waals surface area contributed by atoms with Crippen LogP contribution in [-0.4, -0.2) is 38.8 Å². The first-order valence-corrected chi connectivity index (χ1v) is 11.2. The van der Waals surface area contributed by atoms with Crippen LogP contribution >= 0.6 is 11.3 Å². The summed E-state index contributed by atoms with van der Waals surface area (Å²) in [5.41, 5.74) is 2.75. The molecule has 3 aromatic rings. The minimum Gasteiger partial charge on any atom is -0.435 e. The van der Waals surface area contributed by atoms with Crippen molar-refractivity contribution in [2.24, 2.45) is 0 Å². The molecule has 1 saturated heterocycles. The van der Waals surface area contributed by atoms with E-state index in [1.54, 1.807) is 12.1 Å². The summed E-state index contributed by atoms with van der Waals surface area (Å²) in [6.07, 6.45) is 0. The molecule has 0 aliphatic carbocycles. The van der Waals surface area contributed by atoms with Gasteiger partial charge in [-0.1, -0.05) is 42.5 Å². The molecule has 2 aromatic carbocycles. The Morgan fingerprint density at radius 2 is 1.84 bits per heavy atom. The topological polar surface area (TPSA) is 50.8 Å². The van der Waals surface area contributed by atoms with Gasteiger partial charge < -0.3 is 19.7 Å². The minimum atomic E-state index is -2.89. The summed E-state index contributed by atoms with van der Waals surface area (Å²) in [7, 11) is 0. The molecular formula is C24H24F2N2O3S. The lowest BCUT2D eigenvalue weighted by Crippen LogP contribution is -2.35. The van der Waals surface area contributed by atoms with E-state index in [9.17, 15) is 13.6 Å². The monoisotopic (exact) mass is 458 g/mol. The molecule has 1 atom stereocenters. The fourth-order valence-corrected chi connectivity index (χ4v) is 4.77. The minimum absolute atomic E-state index is 0.0655. The number of thiophene rings is 1. The molecule has 8 heteroatoms. The summed E-state index contributed by atoms with van der Waals surface area (Å²) in [6, 6.07) is 17.9. The van der Waals surface area contributed by atoms with E-state index in [0.717, 1.165) is 29.2 Å². The Kier molecular flexibility index (Phi) is 7.02. The van der Waals surface area contributed by atoms with Crippen LogP contribution in [0.4, 0.5) is 13.8 Å². The molecule has 1 unspecified atom stereocenters. The zero-order chi connectivity index (χ0) is 22.5. The van der Waals surface area contributed by atoms with Crippen LogP contribution in [0.5, 0.6) is 5.75 Å². The van der Waals surface area contributed by atoms with Gasteiger partial charge >= 0.3 is 6.61 Å². The van der Waals surface area contributed by atoms with Gasteiger partial charge in [-0.05, 0) is 36.2 Å². The second-order valence-electron chi connectivity index (χ2n) is 7.44. The molecule has 1 N–H and O–H groups in total. The molecule has 168 valence electrons. The van der Waals surface area contributed by atoms with E-state index in [1.807, 2.05) is 43.3 Å². The van der Waals surface area contributed by atoms with Gasteiger partial charge in [-0.2, -0.15) is 8.78 Å². The van der Waals surface area contributed by atoms with Crippen molar-refractivity contribution >= 4 is 22.2 Å². The van der Waals surface area contributed by atoms with Crippen molar-refractivity contribution < 1.29 is 23.0 Å². The lowest BCUT2D eigenvalue weighted by Gasteiger charge is -2.28. The quantitative estimate of drug-likeness (QED) is 0.519. The molecule has 32 heavy (non-hydrogen) atoms. The smallest absolute Gasteiger partial charge is 0.387 e. The van der Waals surface area contributed by atoms with Crippen molar-refractivity contribution in [2.45, 2.75) is 19.6 Å². The second-order valence-corrected chi connectivity index (χ2v) is 8.47. The summed E-state index contributed by atoms with van der Waals surface area (Å²) in [4.78, 5) is 15.9. The number of alkyl halides is 2. The van der Waals surface area contributed by atoms with Crippen molar-refractivity contribution in [3.63, 3.8) is 0 Å². The number of amides is 1. The summed E-state index contributed by atoms with van der Waals surface area (Å²) in [5, 5.41) is 4.02. The van der Waals surface area contributed by atoms with Gasteiger partial charge in [0, 0.05) is 18.7 Å². The third-order valence-electron chi connectivity index (χ3n) is 5.25. The van der Waals surface area contributed by atoms with Gasteiger partial charge in [0.15, 0.2) is 0 Å². The average Bonchev–Trinajstić information content (AvgIpc) is 3.26. The number of anilines is 1. The number of halogens is 2. The summed E-state index contributed by atoms with van der Waals surface area (Å²) in [6.45, 7) is 1.78. The van der Waals surface area contributed by atoms with Gasteiger partial charge in [0.25, 0.3) is 5.91 Å². The number of hydrogen-bond acceptors (Lipinski definition) is 5. The molecule has 4 rings (SSSR count). The van der Waals surface area contributed by atoms with Crippen molar-refractivity contribution in [2.75, 3.05) is 31.2 Å². The Hall–Kier alpha value is -2.97. The molecule has 0 saturated carbocycles. The van der Waals surface area contributed by atoms with E-state index in [0.29, 0.717) is 23.7 Å². The Morgan fingerprint density at radius 3 is 2.56 bits per heavy atom. The first-order chi connectivity index (χ1) is 15.5. The van der Waals surface area contributed by atoms with E-state index in [1.165, 1.54) is 23.5 Å². The fraction of sp³-hybridized carbons (Fsp3) is 0.292. The predicted octanol–water partition coefficient (Wildman–Crippen LogP) is 5.34. The van der Waals surface area contributed by atoms with E-state index in [-0.39, 0.29) is 17.7 Å². The van der Waals surface area contributed by atoms with Gasteiger partial charge in [-0.25, -0.2) is 0 Å². The number of morpholine rings is 1. The Morgan fingerprint density at radius 1 is 1.09 bits per heavy atom. The van der Waals surface area contributed by atoms with Gasteiger partial charge in [-0.3, -0.25) is 4.79 Å². The highest BCUT2D eigenvalue weighted by molar-refractivity contribution is 7.18. The standard InChI is InChI=1S/C24H24F2N2O3S/c1-16(18-8-5-9-19(14-18)31-24(25)26)27-22(29)21-15-20(17-6-3-2-4-7-17)23(32-21)28-10-12-30-13-11-28/h2-9,14-16,24H,10-13H2,1H3,(H,27,29). The highest BCUT2D eigenvalue weighted by Gasteiger charge is 2.23. The largest absolute Gasteiger partial charge is 0.435 e. The number of carbonyl (C=O) groups excluding carboxylic acids is 1. The fourth-order valence-electron chi connectivity index (χ4n) is 3.63. The van der Waals surface area contributed by atoms with E-state index in [4.69, 9.17) is 4.74 Å². The van der Waals surface area contributed by atoms with Crippen molar-refractivity contribution in [1.29, 1.82) is 0 Å². The normalized spacial score (nSPS) is 14.9. The molecular weight excluding hydrogens is 434 g/mol. The van der Waals surface area contributed by atoms with Gasteiger partial charge in [-0.15, -0.1) is 11.3 Å². The highest BCUT2D eigenvalue weighted by Crippen LogP contribution is 2.39. The zero-order valence-corrected chi connectivity index (χ0v) is 18.4. The van der Waals surface area contributed by atoms with Crippen molar-refractivity contribution in [1.82, 2.24) is 5.32 Å². The van der Waals surface area contributed by atoms with Crippen molar-refractivity contribution in [3.05, 3.63) is 71.1 Å². The Labute approximate surface area is 189 Å². The van der Waals surface area contributed by atoms with Crippen LogP contribution in [0.3, 0.4) is 0 Å². The van der Waals surface area contributed by atoms with Gasteiger partial charge in [0.05, 0.1) is 29.1 Å². The number of nitrogens with zero attached hydrogens (tertiary/aromatic N) is 1. The molecule has 0 spiro atoms. The maximum absolute atomic E-state index is 13.1. The van der Waals surface area contributed by atoms with Crippen LogP contribution in [0, 0.1) is 0 Å². The van der Waals surface area contributed by atoms with E-state index >= 15 is 0 Å². The summed E-state index contributed by atoms with van der Waals surface area (Å²) in [5.74, 6) is -0.143. The van der Waals surface area contributed by atoms with Crippen LogP contribution in [0.15, 0.2) is 60.7 Å². The maximum Gasteiger partial charge on any atom is 0.387 e. The molecule has 1 fully saturated rings. The lowest BCUT2D eigenvalue weighted by molar-refractivity contribution is -0.0499. The van der Waals surface area contributed by atoms with Gasteiger partial charge in [0.2, 0.25) is 0 Å². The molecule has 1 aliphatic rings. The molecule has 1 aromatic heterocycles. The van der Waals surface area contributed by atoms with Crippen LogP contribution in [0.25, 0.3) is 11.1 Å². The number of nitrogens with one attached hydrogen (secondary N) is 1. The average molecular weight is 459 g/mol. The zero-order valence-electron chi connectivity index (χ0n) is 17.6. The molecule has 1 aliphatic heterocycles. The third-order valence-corrected chi connectivity index (χ3v) is 6.44. The summed E-state index contributed by atoms with van der Waals surface area (Å²) < 4.78 is 35.0. The number of rotatable bonds is 7. The number of benzene rings is 2. The summed E-state index contributed by atoms with van der Waals surface area (Å²) >= 11 is 1.45. The van der Waals surface area contributed by atoms with Crippen LogP contribution in [0.1, 0.15) is 28.2 Å². The number of hydrogen-bond donors (Lipinski definition) is 1. The van der Waals surface area contributed by atoms with Crippen molar-refractivity contribution in [3.8, 4) is 16.9 Å².